The van der Waals surface area contributed by atoms with Gasteiger partial charge in [0.1, 0.15) is 12.1 Å². The van der Waals surface area contributed by atoms with E-state index in [-0.39, 0.29) is 5.69 Å². The second kappa shape index (κ2) is 7.86. The zero-order valence-corrected chi connectivity index (χ0v) is 17.2. The summed E-state index contributed by atoms with van der Waals surface area (Å²) >= 11 is 1.75. The Hall–Kier alpha value is -3.53. The Morgan fingerprint density at radius 1 is 1.09 bits per heavy atom. The molecule has 10 heteroatoms. The lowest BCUT2D eigenvalue weighted by molar-refractivity contribution is -0.137. The number of amides is 1. The van der Waals surface area contributed by atoms with Crippen LogP contribution in [0.15, 0.2) is 61.1 Å². The summed E-state index contributed by atoms with van der Waals surface area (Å²) in [4.78, 5) is 21.2. The van der Waals surface area contributed by atoms with Gasteiger partial charge in [0, 0.05) is 34.3 Å². The first-order valence-corrected chi connectivity index (χ1v) is 10.7. The molecule has 0 atom stereocenters. The predicted molar refractivity (Wildman–Crippen MR) is 115 cm³/mol. The molecule has 2 aromatic carbocycles. The molecular weight excluding hydrogens is 441 g/mol. The summed E-state index contributed by atoms with van der Waals surface area (Å²) in [6.07, 6.45) is -1.46. The normalized spacial score (nSPS) is 13.2. The first-order chi connectivity index (χ1) is 15.4. The van der Waals surface area contributed by atoms with Gasteiger partial charge in [0.25, 0.3) is 0 Å². The molecule has 0 aliphatic carbocycles. The molecule has 1 N–H and O–H groups in total. The van der Waals surface area contributed by atoms with E-state index in [1.807, 2.05) is 0 Å². The maximum atomic E-state index is 12.9. The number of carbonyl (C=O) groups excluding carboxylic acids is 1. The predicted octanol–water partition coefficient (Wildman–Crippen LogP) is 6.07. The number of hydrogen-bond donors (Lipinski definition) is 1. The molecule has 2 aromatic heterocycles. The number of benzene rings is 2. The van der Waals surface area contributed by atoms with Crippen LogP contribution in [0.25, 0.3) is 10.9 Å². The fourth-order valence-electron chi connectivity index (χ4n) is 3.47. The average Bonchev–Trinajstić information content (AvgIpc) is 3.40. The van der Waals surface area contributed by atoms with Crippen LogP contribution in [0.1, 0.15) is 16.8 Å². The van der Waals surface area contributed by atoms with Gasteiger partial charge in [-0.2, -0.15) is 24.9 Å². The number of carbonyl (C=O) groups is 1. The van der Waals surface area contributed by atoms with E-state index in [0.29, 0.717) is 17.1 Å². The Bertz CT molecular complexity index is 1340. The van der Waals surface area contributed by atoms with Gasteiger partial charge in [0.05, 0.1) is 16.8 Å². The van der Waals surface area contributed by atoms with Crippen molar-refractivity contribution in [3.63, 3.8) is 0 Å². The molecule has 3 heterocycles. The number of aromatic nitrogens is 3. The van der Waals surface area contributed by atoms with E-state index in [2.05, 4.69) is 15.3 Å². The second-order valence-electron chi connectivity index (χ2n) is 7.11. The fraction of sp³-hybridized carbons (Fsp3) is 0.136. The summed E-state index contributed by atoms with van der Waals surface area (Å²) in [7, 11) is 0. The number of halogens is 3. The fourth-order valence-corrected chi connectivity index (χ4v) is 4.51. The highest BCUT2D eigenvalue weighted by Gasteiger charge is 2.30. The standard InChI is InChI=1S/C22H15F3N4O2S/c23-22(24,25)14-2-1-3-15(9-14)28-21(30)29-7-6-13-8-16(4-5-19(13)29)31-20-17-10-32-11-18(17)26-12-27-20/h1-9,12H,10-11H2,(H,28,30). The van der Waals surface area contributed by atoms with E-state index in [0.717, 1.165) is 40.3 Å². The Kier molecular flexibility index (Phi) is 5.01. The van der Waals surface area contributed by atoms with Crippen molar-refractivity contribution < 1.29 is 22.7 Å². The third-order valence-electron chi connectivity index (χ3n) is 5.02. The van der Waals surface area contributed by atoms with Crippen LogP contribution in [0.2, 0.25) is 0 Å². The summed E-state index contributed by atoms with van der Waals surface area (Å²) in [5.74, 6) is 2.70. The third-order valence-corrected chi connectivity index (χ3v) is 5.99. The Balaban J connectivity index is 1.37. The third kappa shape index (κ3) is 3.89. The highest BCUT2D eigenvalue weighted by atomic mass is 32.2. The topological polar surface area (TPSA) is 69.0 Å². The van der Waals surface area contributed by atoms with Crippen LogP contribution < -0.4 is 10.1 Å². The van der Waals surface area contributed by atoms with Gasteiger partial charge in [-0.1, -0.05) is 6.07 Å². The summed E-state index contributed by atoms with van der Waals surface area (Å²) in [6, 6.07) is 10.9. The molecule has 0 bridgehead atoms. The maximum Gasteiger partial charge on any atom is 0.416 e. The van der Waals surface area contributed by atoms with Gasteiger partial charge in [-0.3, -0.25) is 4.57 Å². The molecule has 4 aromatic rings. The van der Waals surface area contributed by atoms with Crippen molar-refractivity contribution in [1.29, 1.82) is 0 Å². The average molecular weight is 456 g/mol. The SMILES string of the molecule is O=C(Nc1cccc(C(F)(F)F)c1)n1ccc2cc(Oc3ncnc4c3CSC4)ccc21. The number of alkyl halides is 3. The number of rotatable bonds is 3. The number of hydrogen-bond acceptors (Lipinski definition) is 5. The lowest BCUT2D eigenvalue weighted by Crippen LogP contribution is -2.18. The number of anilines is 1. The van der Waals surface area contributed by atoms with Crippen LogP contribution in [0.4, 0.5) is 23.7 Å². The van der Waals surface area contributed by atoms with Crippen LogP contribution in [0.3, 0.4) is 0 Å². The van der Waals surface area contributed by atoms with Gasteiger partial charge in [-0.15, -0.1) is 0 Å². The number of fused-ring (bicyclic) bond motifs is 2. The minimum Gasteiger partial charge on any atom is -0.439 e. The molecular formula is C22H15F3N4O2S. The van der Waals surface area contributed by atoms with Gasteiger partial charge >= 0.3 is 12.2 Å². The zero-order chi connectivity index (χ0) is 22.3. The number of thioether (sulfide) groups is 1. The molecule has 6 nitrogen and oxygen atoms in total. The largest absolute Gasteiger partial charge is 0.439 e. The molecule has 0 spiro atoms. The molecule has 0 unspecified atom stereocenters. The molecule has 0 radical (unpaired) electrons. The summed E-state index contributed by atoms with van der Waals surface area (Å²) in [5, 5.41) is 3.24. The Morgan fingerprint density at radius 2 is 1.97 bits per heavy atom. The first-order valence-electron chi connectivity index (χ1n) is 9.56. The monoisotopic (exact) mass is 456 g/mol. The molecule has 1 aliphatic heterocycles. The molecule has 1 amide bonds. The van der Waals surface area contributed by atoms with E-state index in [1.165, 1.54) is 23.0 Å². The maximum absolute atomic E-state index is 12.9. The van der Waals surface area contributed by atoms with Gasteiger partial charge in [-0.05, 0) is 42.5 Å². The second-order valence-corrected chi connectivity index (χ2v) is 8.10. The lowest BCUT2D eigenvalue weighted by atomic mass is 10.2. The summed E-state index contributed by atoms with van der Waals surface area (Å²) in [6.45, 7) is 0. The summed E-state index contributed by atoms with van der Waals surface area (Å²) in [5.41, 5.74) is 1.77. The quantitative estimate of drug-likeness (QED) is 0.405. The van der Waals surface area contributed by atoms with Crippen LogP contribution >= 0.6 is 11.8 Å². The van der Waals surface area contributed by atoms with Crippen molar-refractivity contribution in [3.8, 4) is 11.6 Å². The van der Waals surface area contributed by atoms with Crippen molar-refractivity contribution >= 4 is 34.4 Å². The first kappa shape index (κ1) is 20.4. The van der Waals surface area contributed by atoms with E-state index in [4.69, 9.17) is 4.74 Å². The van der Waals surface area contributed by atoms with Crippen molar-refractivity contribution in [2.45, 2.75) is 17.7 Å². The minimum atomic E-state index is -4.49. The van der Waals surface area contributed by atoms with Crippen LogP contribution in [-0.4, -0.2) is 20.6 Å². The highest BCUT2D eigenvalue weighted by Crippen LogP contribution is 2.36. The molecule has 162 valence electrons. The van der Waals surface area contributed by atoms with Crippen LogP contribution in [0, 0.1) is 0 Å². The van der Waals surface area contributed by atoms with Crippen molar-refractivity contribution in [1.82, 2.24) is 14.5 Å². The van der Waals surface area contributed by atoms with Gasteiger partial charge in [0.15, 0.2) is 0 Å². The van der Waals surface area contributed by atoms with Crippen molar-refractivity contribution in [2.24, 2.45) is 0 Å². The molecule has 5 rings (SSSR count). The number of ether oxygens (including phenoxy) is 1. The van der Waals surface area contributed by atoms with Gasteiger partial charge in [-0.25, -0.2) is 14.8 Å². The summed E-state index contributed by atoms with van der Waals surface area (Å²) < 4.78 is 46.0. The van der Waals surface area contributed by atoms with Crippen molar-refractivity contribution in [3.05, 3.63) is 77.9 Å². The highest BCUT2D eigenvalue weighted by molar-refractivity contribution is 7.98. The van der Waals surface area contributed by atoms with Gasteiger partial charge < -0.3 is 10.1 Å². The number of nitrogens with one attached hydrogen (secondary N) is 1. The molecule has 0 fully saturated rings. The Labute approximate surface area is 184 Å². The zero-order valence-electron chi connectivity index (χ0n) is 16.4. The van der Waals surface area contributed by atoms with E-state index < -0.39 is 17.8 Å². The molecule has 0 saturated heterocycles. The minimum absolute atomic E-state index is 0.0575. The lowest BCUT2D eigenvalue weighted by Gasteiger charge is -2.11. The van der Waals surface area contributed by atoms with E-state index >= 15 is 0 Å². The number of nitrogens with zero attached hydrogens (tertiary/aromatic N) is 3. The van der Waals surface area contributed by atoms with Crippen LogP contribution in [-0.2, 0) is 17.7 Å². The Morgan fingerprint density at radius 3 is 2.81 bits per heavy atom. The smallest absolute Gasteiger partial charge is 0.416 e. The van der Waals surface area contributed by atoms with Gasteiger partial charge in [0.2, 0.25) is 5.88 Å². The molecule has 1 aliphatic rings. The van der Waals surface area contributed by atoms with E-state index in [1.54, 1.807) is 42.2 Å². The molecule has 32 heavy (non-hydrogen) atoms. The van der Waals surface area contributed by atoms with Crippen molar-refractivity contribution in [2.75, 3.05) is 5.32 Å². The molecule has 0 saturated carbocycles. The van der Waals surface area contributed by atoms with Crippen LogP contribution in [0.5, 0.6) is 11.6 Å². The van der Waals surface area contributed by atoms with E-state index in [9.17, 15) is 18.0 Å².